The number of carbonyl (C=O) groups is 1. The highest BCUT2D eigenvalue weighted by Crippen LogP contribution is 2.22. The zero-order chi connectivity index (χ0) is 10.6. The summed E-state index contributed by atoms with van der Waals surface area (Å²) in [5, 5.41) is 0. The maximum atomic E-state index is 11.7. The van der Waals surface area contributed by atoms with E-state index in [4.69, 9.17) is 0 Å². The molecule has 0 unspecified atom stereocenters. The SMILES string of the molecule is CCN(CC)CC(=O)c1ccc(Br)s1. The van der Waals surface area contributed by atoms with Crippen molar-refractivity contribution in [1.82, 2.24) is 4.90 Å². The Hall–Kier alpha value is -0.190. The second-order valence-corrected chi connectivity index (χ2v) is 5.45. The third-order valence-electron chi connectivity index (χ3n) is 2.11. The highest BCUT2D eigenvalue weighted by molar-refractivity contribution is 9.11. The summed E-state index contributed by atoms with van der Waals surface area (Å²) >= 11 is 4.85. The topological polar surface area (TPSA) is 20.3 Å². The fourth-order valence-electron chi connectivity index (χ4n) is 1.19. The molecule has 0 spiro atoms. The molecule has 0 saturated heterocycles. The molecule has 1 aromatic rings. The molecule has 0 aliphatic carbocycles. The smallest absolute Gasteiger partial charge is 0.186 e. The molecule has 0 atom stereocenters. The summed E-state index contributed by atoms with van der Waals surface area (Å²) in [5.41, 5.74) is 0. The molecule has 0 fully saturated rings. The van der Waals surface area contributed by atoms with Gasteiger partial charge in [-0.15, -0.1) is 11.3 Å². The normalized spacial score (nSPS) is 10.9. The Kier molecular flexibility index (Phi) is 4.78. The van der Waals surface area contributed by atoms with Crippen molar-refractivity contribution in [2.75, 3.05) is 19.6 Å². The van der Waals surface area contributed by atoms with Crippen LogP contribution in [0.5, 0.6) is 0 Å². The molecule has 14 heavy (non-hydrogen) atoms. The average Bonchev–Trinajstić information content (AvgIpc) is 2.61. The van der Waals surface area contributed by atoms with Crippen LogP contribution in [0.15, 0.2) is 15.9 Å². The molecule has 0 amide bonds. The number of halogens is 1. The molecule has 0 aliphatic rings. The summed E-state index contributed by atoms with van der Waals surface area (Å²) in [5.74, 6) is 0.212. The van der Waals surface area contributed by atoms with Crippen molar-refractivity contribution >= 4 is 33.0 Å². The van der Waals surface area contributed by atoms with E-state index in [1.807, 2.05) is 12.1 Å². The van der Waals surface area contributed by atoms with Gasteiger partial charge in [0.25, 0.3) is 0 Å². The zero-order valence-electron chi connectivity index (χ0n) is 8.42. The van der Waals surface area contributed by atoms with E-state index in [0.29, 0.717) is 6.54 Å². The first kappa shape index (κ1) is 11.9. The van der Waals surface area contributed by atoms with Crippen LogP contribution in [0, 0.1) is 0 Å². The van der Waals surface area contributed by atoms with Crippen LogP contribution in [-0.4, -0.2) is 30.3 Å². The maximum Gasteiger partial charge on any atom is 0.186 e. The van der Waals surface area contributed by atoms with E-state index < -0.39 is 0 Å². The van der Waals surface area contributed by atoms with E-state index >= 15 is 0 Å². The lowest BCUT2D eigenvalue weighted by molar-refractivity contribution is 0.0941. The lowest BCUT2D eigenvalue weighted by Crippen LogP contribution is -2.29. The zero-order valence-corrected chi connectivity index (χ0v) is 10.8. The first-order valence-electron chi connectivity index (χ1n) is 4.68. The minimum absolute atomic E-state index is 0.212. The Balaban J connectivity index is 2.58. The van der Waals surface area contributed by atoms with E-state index in [0.717, 1.165) is 21.8 Å². The van der Waals surface area contributed by atoms with Crippen molar-refractivity contribution in [3.63, 3.8) is 0 Å². The Morgan fingerprint density at radius 1 is 1.43 bits per heavy atom. The molecule has 0 bridgehead atoms. The second kappa shape index (κ2) is 5.63. The molecule has 1 heterocycles. The third-order valence-corrected chi connectivity index (χ3v) is 3.77. The van der Waals surface area contributed by atoms with Gasteiger partial charge in [0.2, 0.25) is 0 Å². The molecule has 0 saturated carbocycles. The molecule has 0 N–H and O–H groups in total. The third kappa shape index (κ3) is 3.19. The second-order valence-electron chi connectivity index (χ2n) is 2.99. The number of carbonyl (C=O) groups excluding carboxylic acids is 1. The predicted octanol–water partition coefficient (Wildman–Crippen LogP) is 3.04. The van der Waals surface area contributed by atoms with Gasteiger partial charge in [-0.1, -0.05) is 13.8 Å². The van der Waals surface area contributed by atoms with E-state index in [1.165, 1.54) is 11.3 Å². The van der Waals surface area contributed by atoms with Crippen molar-refractivity contribution in [3.05, 3.63) is 20.8 Å². The molecule has 2 nitrogen and oxygen atoms in total. The Morgan fingerprint density at radius 3 is 2.50 bits per heavy atom. The van der Waals surface area contributed by atoms with Crippen LogP contribution in [0.1, 0.15) is 23.5 Å². The van der Waals surface area contributed by atoms with E-state index in [-0.39, 0.29) is 5.78 Å². The minimum atomic E-state index is 0.212. The number of thiophene rings is 1. The molecule has 0 aromatic carbocycles. The lowest BCUT2D eigenvalue weighted by atomic mass is 10.3. The summed E-state index contributed by atoms with van der Waals surface area (Å²) in [7, 11) is 0. The van der Waals surface area contributed by atoms with Gasteiger partial charge in [-0.3, -0.25) is 9.69 Å². The van der Waals surface area contributed by atoms with Gasteiger partial charge in [0, 0.05) is 0 Å². The fourth-order valence-corrected chi connectivity index (χ4v) is 2.51. The van der Waals surface area contributed by atoms with Crippen molar-refractivity contribution in [2.45, 2.75) is 13.8 Å². The standard InChI is InChI=1S/C10H14BrNOS/c1-3-12(4-2)7-8(13)9-5-6-10(11)14-9/h5-6H,3-4,7H2,1-2H3. The minimum Gasteiger partial charge on any atom is -0.296 e. The average molecular weight is 276 g/mol. The number of hydrogen-bond acceptors (Lipinski definition) is 3. The van der Waals surface area contributed by atoms with Crippen LogP contribution in [0.4, 0.5) is 0 Å². The predicted molar refractivity (Wildman–Crippen MR) is 64.1 cm³/mol. The van der Waals surface area contributed by atoms with Gasteiger partial charge in [-0.2, -0.15) is 0 Å². The summed E-state index contributed by atoms with van der Waals surface area (Å²) in [4.78, 5) is 14.7. The van der Waals surface area contributed by atoms with Crippen LogP contribution in [0.3, 0.4) is 0 Å². The van der Waals surface area contributed by atoms with Crippen molar-refractivity contribution in [3.8, 4) is 0 Å². The summed E-state index contributed by atoms with van der Waals surface area (Å²) < 4.78 is 1.01. The Bertz CT molecular complexity index is 307. The molecule has 78 valence electrons. The molecule has 4 heteroatoms. The molecule has 0 radical (unpaired) electrons. The largest absolute Gasteiger partial charge is 0.296 e. The molecule has 0 aliphatic heterocycles. The first-order valence-corrected chi connectivity index (χ1v) is 6.29. The van der Waals surface area contributed by atoms with Crippen molar-refractivity contribution in [1.29, 1.82) is 0 Å². The highest BCUT2D eigenvalue weighted by Gasteiger charge is 2.11. The van der Waals surface area contributed by atoms with Crippen LogP contribution < -0.4 is 0 Å². The van der Waals surface area contributed by atoms with Gasteiger partial charge in [0.1, 0.15) is 0 Å². The van der Waals surface area contributed by atoms with Crippen LogP contribution in [0.2, 0.25) is 0 Å². The van der Waals surface area contributed by atoms with E-state index in [2.05, 4.69) is 34.7 Å². The van der Waals surface area contributed by atoms with Crippen molar-refractivity contribution < 1.29 is 4.79 Å². The molecular weight excluding hydrogens is 262 g/mol. The van der Waals surface area contributed by atoms with E-state index in [1.54, 1.807) is 0 Å². The van der Waals surface area contributed by atoms with Gasteiger partial charge in [0.15, 0.2) is 5.78 Å². The number of hydrogen-bond donors (Lipinski definition) is 0. The fraction of sp³-hybridized carbons (Fsp3) is 0.500. The maximum absolute atomic E-state index is 11.7. The lowest BCUT2D eigenvalue weighted by Gasteiger charge is -2.15. The van der Waals surface area contributed by atoms with Crippen LogP contribution in [0.25, 0.3) is 0 Å². The van der Waals surface area contributed by atoms with E-state index in [9.17, 15) is 4.79 Å². The van der Waals surface area contributed by atoms with Gasteiger partial charge in [0.05, 0.1) is 15.2 Å². The quantitative estimate of drug-likeness (QED) is 0.770. The Labute approximate surface area is 97.1 Å². The van der Waals surface area contributed by atoms with Crippen LogP contribution >= 0.6 is 27.3 Å². The monoisotopic (exact) mass is 275 g/mol. The first-order chi connectivity index (χ1) is 6.67. The number of Topliss-reactive ketones (excluding diaryl/α,β-unsaturated/α-hetero) is 1. The number of rotatable bonds is 5. The van der Waals surface area contributed by atoms with Gasteiger partial charge in [-0.25, -0.2) is 0 Å². The summed E-state index contributed by atoms with van der Waals surface area (Å²) in [6.45, 7) is 6.52. The molecule has 1 rings (SSSR count). The molecule has 1 aromatic heterocycles. The summed E-state index contributed by atoms with van der Waals surface area (Å²) in [6, 6.07) is 3.79. The number of nitrogens with zero attached hydrogens (tertiary/aromatic N) is 1. The van der Waals surface area contributed by atoms with Gasteiger partial charge in [-0.05, 0) is 41.2 Å². The summed E-state index contributed by atoms with van der Waals surface area (Å²) in [6.07, 6.45) is 0. The number of ketones is 1. The van der Waals surface area contributed by atoms with Gasteiger partial charge >= 0.3 is 0 Å². The number of likely N-dealkylation sites (N-methyl/N-ethyl adjacent to an activating group) is 1. The highest BCUT2D eigenvalue weighted by atomic mass is 79.9. The Morgan fingerprint density at radius 2 is 2.07 bits per heavy atom. The molecular formula is C10H14BrNOS. The van der Waals surface area contributed by atoms with Crippen LogP contribution in [-0.2, 0) is 0 Å². The van der Waals surface area contributed by atoms with Gasteiger partial charge < -0.3 is 0 Å². The van der Waals surface area contributed by atoms with Crippen molar-refractivity contribution in [2.24, 2.45) is 0 Å².